The molecule has 0 saturated carbocycles. The zero-order chi connectivity index (χ0) is 28.8. The van der Waals surface area contributed by atoms with E-state index in [1.165, 1.54) is 19.1 Å². The van der Waals surface area contributed by atoms with Gasteiger partial charge in [-0.2, -0.15) is 4.37 Å². The largest absolute Gasteiger partial charge is 0.493 e. The molecule has 206 valence electrons. The summed E-state index contributed by atoms with van der Waals surface area (Å²) in [7, 11) is 2.99. The fraction of sp³-hybridized carbons (Fsp3) is 0.172. The minimum atomic E-state index is -1.17. The highest BCUT2D eigenvalue weighted by atomic mass is 32.1. The third kappa shape index (κ3) is 5.89. The summed E-state index contributed by atoms with van der Waals surface area (Å²) in [4.78, 5) is 41.3. The number of ether oxygens (including phenoxy) is 2. The minimum absolute atomic E-state index is 0.0179. The Bertz CT molecular complexity index is 1520. The summed E-state index contributed by atoms with van der Waals surface area (Å²) in [5.41, 5.74) is 13.9. The van der Waals surface area contributed by atoms with E-state index < -0.39 is 23.8 Å². The van der Waals surface area contributed by atoms with Crippen LogP contribution in [-0.2, 0) is 11.3 Å². The maximum absolute atomic E-state index is 14.2. The first-order chi connectivity index (χ1) is 19.2. The highest BCUT2D eigenvalue weighted by molar-refractivity contribution is 7.09. The Hall–Kier alpha value is -4.90. The van der Waals surface area contributed by atoms with Crippen LogP contribution < -0.4 is 31.2 Å². The number of carbonyl (C=O) groups excluding carboxylic acids is 3. The lowest BCUT2D eigenvalue weighted by Gasteiger charge is -2.31. The summed E-state index contributed by atoms with van der Waals surface area (Å²) < 4.78 is 14.9. The van der Waals surface area contributed by atoms with Crippen LogP contribution in [0.2, 0.25) is 0 Å². The molecule has 4 aromatic rings. The lowest BCUT2D eigenvalue weighted by Crippen LogP contribution is -2.44. The monoisotopic (exact) mass is 559 g/mol. The molecule has 1 aromatic heterocycles. The fourth-order valence-electron chi connectivity index (χ4n) is 4.15. The van der Waals surface area contributed by atoms with E-state index in [2.05, 4.69) is 9.69 Å². The van der Waals surface area contributed by atoms with Crippen LogP contribution in [0.5, 0.6) is 11.5 Å². The van der Waals surface area contributed by atoms with Gasteiger partial charge >= 0.3 is 0 Å². The van der Waals surface area contributed by atoms with E-state index in [0.717, 1.165) is 22.7 Å². The number of aromatic nitrogens is 1. The summed E-state index contributed by atoms with van der Waals surface area (Å²) in [5, 5.41) is 2.95. The van der Waals surface area contributed by atoms with Crippen molar-refractivity contribution in [2.24, 2.45) is 5.73 Å². The normalized spacial score (nSPS) is 11.4. The first-order valence-corrected chi connectivity index (χ1v) is 13.0. The first-order valence-electron chi connectivity index (χ1n) is 12.2. The van der Waals surface area contributed by atoms with Gasteiger partial charge in [-0.05, 0) is 53.8 Å². The molecule has 1 unspecified atom stereocenters. The zero-order valence-corrected chi connectivity index (χ0v) is 23.0. The zero-order valence-electron chi connectivity index (χ0n) is 22.2. The quantitative estimate of drug-likeness (QED) is 0.267. The average molecular weight is 560 g/mol. The van der Waals surface area contributed by atoms with Crippen molar-refractivity contribution < 1.29 is 23.9 Å². The predicted octanol–water partition coefficient (Wildman–Crippen LogP) is 3.85. The SMILES string of the molecule is COc1ccc(C(C(=O)NCc2ccccc2)N(C(=O)c2snc(C(N)=O)c2N)c2ccc(C)cc2)cc1OC. The number of carbonyl (C=O) groups is 3. The van der Waals surface area contributed by atoms with Crippen molar-refractivity contribution in [2.45, 2.75) is 19.5 Å². The molecule has 0 aliphatic rings. The van der Waals surface area contributed by atoms with Gasteiger partial charge in [-0.1, -0.05) is 54.1 Å². The molecule has 3 aromatic carbocycles. The Morgan fingerprint density at radius 1 is 0.975 bits per heavy atom. The number of hydrogen-bond donors (Lipinski definition) is 3. The maximum Gasteiger partial charge on any atom is 0.273 e. The second kappa shape index (κ2) is 12.3. The number of rotatable bonds is 10. The Morgan fingerprint density at radius 2 is 1.65 bits per heavy atom. The number of benzene rings is 3. The first kappa shape index (κ1) is 28.1. The number of nitrogens with one attached hydrogen (secondary N) is 1. The Morgan fingerprint density at radius 3 is 2.25 bits per heavy atom. The van der Waals surface area contributed by atoms with Crippen LogP contribution in [-0.4, -0.2) is 36.3 Å². The summed E-state index contributed by atoms with van der Waals surface area (Å²) in [6.07, 6.45) is 0. The summed E-state index contributed by atoms with van der Waals surface area (Å²) in [6.45, 7) is 2.14. The number of amides is 3. The van der Waals surface area contributed by atoms with Crippen molar-refractivity contribution in [1.82, 2.24) is 9.69 Å². The third-order valence-corrected chi connectivity index (χ3v) is 7.08. The molecule has 0 saturated heterocycles. The number of nitrogen functional groups attached to an aromatic ring is 1. The topological polar surface area (TPSA) is 150 Å². The molecule has 0 spiro atoms. The van der Waals surface area contributed by atoms with E-state index in [1.54, 1.807) is 30.3 Å². The number of methoxy groups -OCH3 is 2. The molecule has 0 radical (unpaired) electrons. The van der Waals surface area contributed by atoms with E-state index in [0.29, 0.717) is 22.7 Å². The molecule has 40 heavy (non-hydrogen) atoms. The molecule has 3 amide bonds. The van der Waals surface area contributed by atoms with Crippen molar-refractivity contribution >= 4 is 40.6 Å². The van der Waals surface area contributed by atoms with Crippen LogP contribution in [0.25, 0.3) is 0 Å². The molecule has 0 bridgehead atoms. The van der Waals surface area contributed by atoms with Crippen LogP contribution in [0.15, 0.2) is 72.8 Å². The standard InChI is InChI=1S/C29H29N5O5S/c1-17-9-12-20(13-10-17)34(29(37)26-23(30)24(27(31)35)33-40-26)25(19-11-14-21(38-2)22(15-19)39-3)28(36)32-16-18-7-5-4-6-8-18/h4-15,25H,16,30H2,1-3H3,(H2,31,35)(H,32,36). The third-order valence-electron chi connectivity index (χ3n) is 6.23. The number of primary amides is 1. The molecule has 0 aliphatic carbocycles. The van der Waals surface area contributed by atoms with Gasteiger partial charge in [0.25, 0.3) is 11.8 Å². The van der Waals surface area contributed by atoms with Crippen molar-refractivity contribution in [2.75, 3.05) is 24.9 Å². The molecule has 5 N–H and O–H groups in total. The van der Waals surface area contributed by atoms with E-state index in [1.807, 2.05) is 49.4 Å². The van der Waals surface area contributed by atoms with Gasteiger partial charge in [-0.15, -0.1) is 0 Å². The molecule has 0 aliphatic heterocycles. The molecule has 4 rings (SSSR count). The number of anilines is 2. The van der Waals surface area contributed by atoms with Crippen LogP contribution in [0.4, 0.5) is 11.4 Å². The molecule has 10 nitrogen and oxygen atoms in total. The minimum Gasteiger partial charge on any atom is -0.493 e. The molecule has 1 atom stereocenters. The maximum atomic E-state index is 14.2. The van der Waals surface area contributed by atoms with E-state index in [4.69, 9.17) is 20.9 Å². The van der Waals surface area contributed by atoms with Crippen molar-refractivity contribution in [3.8, 4) is 11.5 Å². The van der Waals surface area contributed by atoms with E-state index in [-0.39, 0.29) is 22.8 Å². The van der Waals surface area contributed by atoms with Crippen molar-refractivity contribution in [3.63, 3.8) is 0 Å². The van der Waals surface area contributed by atoms with E-state index >= 15 is 0 Å². The number of nitrogens with two attached hydrogens (primary N) is 2. The van der Waals surface area contributed by atoms with Crippen LogP contribution in [0.1, 0.15) is 42.9 Å². The second-order valence-electron chi connectivity index (χ2n) is 8.87. The van der Waals surface area contributed by atoms with Gasteiger partial charge in [-0.3, -0.25) is 19.3 Å². The van der Waals surface area contributed by atoms with Gasteiger partial charge in [0.05, 0.1) is 19.9 Å². The number of hydrogen-bond acceptors (Lipinski definition) is 8. The van der Waals surface area contributed by atoms with Crippen LogP contribution in [0.3, 0.4) is 0 Å². The van der Waals surface area contributed by atoms with Gasteiger partial charge in [0.1, 0.15) is 10.9 Å². The van der Waals surface area contributed by atoms with Gasteiger partial charge in [0, 0.05) is 12.2 Å². The van der Waals surface area contributed by atoms with E-state index in [9.17, 15) is 14.4 Å². The molecule has 1 heterocycles. The highest BCUT2D eigenvalue weighted by Crippen LogP contribution is 2.36. The number of aryl methyl sites for hydroxylation is 1. The predicted molar refractivity (Wildman–Crippen MR) is 154 cm³/mol. The Labute approximate surface area is 235 Å². The Balaban J connectivity index is 1.87. The highest BCUT2D eigenvalue weighted by Gasteiger charge is 2.36. The lowest BCUT2D eigenvalue weighted by atomic mass is 10.0. The molecular formula is C29H29N5O5S. The molecule has 0 fully saturated rings. The van der Waals surface area contributed by atoms with Crippen LogP contribution in [0, 0.1) is 6.92 Å². The molecule has 11 heteroatoms. The fourth-order valence-corrected chi connectivity index (χ4v) is 4.89. The van der Waals surface area contributed by atoms with Gasteiger partial charge < -0.3 is 26.3 Å². The van der Waals surface area contributed by atoms with Gasteiger partial charge in [0.15, 0.2) is 17.2 Å². The summed E-state index contributed by atoms with van der Waals surface area (Å²) >= 11 is 0.744. The average Bonchev–Trinajstić information content (AvgIpc) is 3.36. The second-order valence-corrected chi connectivity index (χ2v) is 9.64. The van der Waals surface area contributed by atoms with Crippen LogP contribution >= 0.6 is 11.5 Å². The Kier molecular flexibility index (Phi) is 8.65. The summed E-state index contributed by atoms with van der Waals surface area (Å²) in [5.74, 6) is -1.10. The smallest absolute Gasteiger partial charge is 0.273 e. The number of nitrogens with zero attached hydrogens (tertiary/aromatic N) is 2. The molecular weight excluding hydrogens is 530 g/mol. The summed E-state index contributed by atoms with van der Waals surface area (Å²) in [6, 6.07) is 20.4. The van der Waals surface area contributed by atoms with Crippen molar-refractivity contribution in [1.29, 1.82) is 0 Å². The van der Waals surface area contributed by atoms with Crippen molar-refractivity contribution in [3.05, 3.63) is 100 Å². The van der Waals surface area contributed by atoms with Gasteiger partial charge in [-0.25, -0.2) is 0 Å². The van der Waals surface area contributed by atoms with Gasteiger partial charge in [0.2, 0.25) is 5.91 Å². The lowest BCUT2D eigenvalue weighted by molar-refractivity contribution is -0.122.